The van der Waals surface area contributed by atoms with Gasteiger partial charge in [-0.3, -0.25) is 10.1 Å². The van der Waals surface area contributed by atoms with Crippen molar-refractivity contribution >= 4 is 23.8 Å². The Balaban J connectivity index is 1.49. The van der Waals surface area contributed by atoms with Crippen molar-refractivity contribution in [1.82, 2.24) is 14.9 Å². The van der Waals surface area contributed by atoms with E-state index in [1.54, 1.807) is 0 Å². The van der Waals surface area contributed by atoms with Crippen LogP contribution in [0.4, 0.5) is 21.0 Å². The van der Waals surface area contributed by atoms with Gasteiger partial charge in [-0.15, -0.1) is 0 Å². The van der Waals surface area contributed by atoms with Gasteiger partial charge in [-0.25, -0.2) is 14.2 Å². The van der Waals surface area contributed by atoms with Crippen molar-refractivity contribution in [2.45, 2.75) is 57.1 Å². The molecule has 2 amide bonds. The minimum Gasteiger partial charge on any atom is -0.453 e. The number of likely N-dealkylation sites (tertiary alicyclic amines) is 1. The number of aromatic nitrogens is 2. The second-order valence-corrected chi connectivity index (χ2v) is 8.50. The maximum atomic E-state index is 14.0. The lowest BCUT2D eigenvalue weighted by atomic mass is 9.78. The highest BCUT2D eigenvalue weighted by atomic mass is 19.1. The monoisotopic (exact) mass is 421 g/mol. The number of halogens is 1. The molecule has 3 heterocycles. The number of carbonyl (C=O) groups is 2. The summed E-state index contributed by atoms with van der Waals surface area (Å²) in [6, 6.07) is 0.202. The fourth-order valence-corrected chi connectivity index (χ4v) is 4.99. The molecule has 1 aromatic rings. The first-order chi connectivity index (χ1) is 14.4. The van der Waals surface area contributed by atoms with Gasteiger partial charge in [0, 0.05) is 25.7 Å². The number of aliphatic hydroxyl groups is 1. The second-order valence-electron chi connectivity index (χ2n) is 8.50. The van der Waals surface area contributed by atoms with Crippen LogP contribution in [0.2, 0.25) is 0 Å². The predicted octanol–water partition coefficient (Wildman–Crippen LogP) is 1.92. The van der Waals surface area contributed by atoms with Gasteiger partial charge >= 0.3 is 6.09 Å². The van der Waals surface area contributed by atoms with E-state index < -0.39 is 17.3 Å². The number of aliphatic hydroxyl groups excluding tert-OH is 1. The van der Waals surface area contributed by atoms with Crippen LogP contribution >= 0.6 is 0 Å². The van der Waals surface area contributed by atoms with Crippen molar-refractivity contribution in [2.24, 2.45) is 5.41 Å². The highest BCUT2D eigenvalue weighted by Gasteiger charge is 2.51. The van der Waals surface area contributed by atoms with Crippen molar-refractivity contribution < 1.29 is 23.8 Å². The van der Waals surface area contributed by atoms with Crippen molar-refractivity contribution in [1.29, 1.82) is 0 Å². The SMILES string of the molecule is COC(=O)Nc1nc(N2CCC[C@]3(CCN([C@H]4CC[C@H](O)CC4)C3=O)C2)ncc1F. The number of hydrogen-bond acceptors (Lipinski definition) is 7. The van der Waals surface area contributed by atoms with E-state index in [2.05, 4.69) is 20.0 Å². The number of carbonyl (C=O) groups excluding carboxylic acids is 2. The third-order valence-corrected chi connectivity index (χ3v) is 6.65. The molecule has 0 aromatic carbocycles. The molecule has 3 fully saturated rings. The Hall–Kier alpha value is -2.49. The van der Waals surface area contributed by atoms with E-state index in [9.17, 15) is 19.1 Å². The summed E-state index contributed by atoms with van der Waals surface area (Å²) in [5, 5.41) is 12.0. The third-order valence-electron chi connectivity index (χ3n) is 6.65. The van der Waals surface area contributed by atoms with Crippen LogP contribution in [0.5, 0.6) is 0 Å². The van der Waals surface area contributed by atoms with Gasteiger partial charge in [-0.1, -0.05) is 0 Å². The average molecular weight is 421 g/mol. The molecule has 9 nitrogen and oxygen atoms in total. The number of methoxy groups -OCH3 is 1. The van der Waals surface area contributed by atoms with E-state index in [1.807, 2.05) is 9.80 Å². The lowest BCUT2D eigenvalue weighted by Gasteiger charge is -2.40. The van der Waals surface area contributed by atoms with Gasteiger partial charge in [0.2, 0.25) is 11.9 Å². The normalized spacial score (nSPS) is 29.4. The number of ether oxygens (including phenoxy) is 1. The molecule has 4 rings (SSSR count). The number of anilines is 2. The molecular weight excluding hydrogens is 393 g/mol. The summed E-state index contributed by atoms with van der Waals surface area (Å²) in [6.07, 6.45) is 5.52. The highest BCUT2D eigenvalue weighted by molar-refractivity contribution is 5.86. The largest absolute Gasteiger partial charge is 0.453 e. The number of amides is 2. The fraction of sp³-hybridized carbons (Fsp3) is 0.700. The zero-order valence-corrected chi connectivity index (χ0v) is 17.1. The minimum atomic E-state index is -0.812. The molecular formula is C20H28FN5O4. The Morgan fingerprint density at radius 2 is 2.07 bits per heavy atom. The first kappa shape index (κ1) is 20.8. The highest BCUT2D eigenvalue weighted by Crippen LogP contribution is 2.43. The minimum absolute atomic E-state index is 0.170. The van der Waals surface area contributed by atoms with Gasteiger partial charge in [-0.05, 0) is 44.9 Å². The summed E-state index contributed by atoms with van der Waals surface area (Å²) >= 11 is 0. The number of hydrogen-bond donors (Lipinski definition) is 2. The Labute approximate surface area is 174 Å². The van der Waals surface area contributed by atoms with Crippen LogP contribution < -0.4 is 10.2 Å². The summed E-state index contributed by atoms with van der Waals surface area (Å²) < 4.78 is 18.5. The zero-order valence-electron chi connectivity index (χ0n) is 17.1. The molecule has 0 bridgehead atoms. The molecule has 10 heteroatoms. The average Bonchev–Trinajstić information content (AvgIpc) is 3.05. The quantitative estimate of drug-likeness (QED) is 0.768. The number of rotatable bonds is 3. The Morgan fingerprint density at radius 3 is 2.80 bits per heavy atom. The maximum absolute atomic E-state index is 14.0. The molecule has 0 unspecified atom stereocenters. The molecule has 1 saturated carbocycles. The molecule has 1 aromatic heterocycles. The van der Waals surface area contributed by atoms with Crippen LogP contribution in [0.15, 0.2) is 6.20 Å². The van der Waals surface area contributed by atoms with E-state index in [1.165, 1.54) is 7.11 Å². The van der Waals surface area contributed by atoms with Crippen LogP contribution in [-0.4, -0.2) is 70.9 Å². The van der Waals surface area contributed by atoms with E-state index in [4.69, 9.17) is 0 Å². The Bertz CT molecular complexity index is 816. The van der Waals surface area contributed by atoms with Gasteiger partial charge < -0.3 is 19.6 Å². The molecule has 164 valence electrons. The first-order valence-electron chi connectivity index (χ1n) is 10.5. The van der Waals surface area contributed by atoms with Gasteiger partial charge in [-0.2, -0.15) is 4.98 Å². The standard InChI is InChI=1S/C20H28FN5O4/c1-30-19(29)24-16-15(21)11-22-18(23-16)25-9-2-7-20(12-25)8-10-26(17(20)28)13-3-5-14(27)6-4-13/h11,13-14,27H,2-10,12H2,1H3,(H,22,23,24,29)/t13-,14-,20-/m0/s1. The topological polar surface area (TPSA) is 108 Å². The third kappa shape index (κ3) is 3.92. The van der Waals surface area contributed by atoms with Crippen molar-refractivity contribution in [3.05, 3.63) is 12.0 Å². The Morgan fingerprint density at radius 1 is 1.30 bits per heavy atom. The number of piperidine rings is 1. The summed E-state index contributed by atoms with van der Waals surface area (Å²) in [7, 11) is 1.19. The Kier molecular flexibility index (Phi) is 5.77. The molecule has 2 saturated heterocycles. The van der Waals surface area contributed by atoms with Crippen molar-refractivity contribution in [3.63, 3.8) is 0 Å². The summed E-state index contributed by atoms with van der Waals surface area (Å²) in [4.78, 5) is 37.0. The van der Waals surface area contributed by atoms with Crippen LogP contribution in [0.25, 0.3) is 0 Å². The van der Waals surface area contributed by atoms with Gasteiger partial charge in [0.1, 0.15) is 0 Å². The molecule has 2 aliphatic heterocycles. The lowest BCUT2D eigenvalue weighted by molar-refractivity contribution is -0.139. The lowest BCUT2D eigenvalue weighted by Crippen LogP contribution is -2.50. The number of nitrogens with zero attached hydrogens (tertiary/aromatic N) is 4. The summed E-state index contributed by atoms with van der Waals surface area (Å²) in [5.41, 5.74) is -0.484. The predicted molar refractivity (Wildman–Crippen MR) is 106 cm³/mol. The second kappa shape index (κ2) is 8.33. The van der Waals surface area contributed by atoms with Gasteiger partial charge in [0.15, 0.2) is 11.6 Å². The fourth-order valence-electron chi connectivity index (χ4n) is 4.99. The molecule has 0 radical (unpaired) electrons. The van der Waals surface area contributed by atoms with Crippen LogP contribution in [0.3, 0.4) is 0 Å². The number of nitrogens with one attached hydrogen (secondary N) is 1. The van der Waals surface area contributed by atoms with E-state index in [-0.39, 0.29) is 29.8 Å². The zero-order chi connectivity index (χ0) is 21.3. The summed E-state index contributed by atoms with van der Waals surface area (Å²) in [5.74, 6) is -0.539. The van der Waals surface area contributed by atoms with Gasteiger partial charge in [0.25, 0.3) is 0 Å². The van der Waals surface area contributed by atoms with E-state index in [0.717, 1.165) is 57.7 Å². The maximum Gasteiger partial charge on any atom is 0.412 e. The van der Waals surface area contributed by atoms with Gasteiger partial charge in [0.05, 0.1) is 24.8 Å². The molecule has 1 atom stereocenters. The van der Waals surface area contributed by atoms with Crippen LogP contribution in [-0.2, 0) is 9.53 Å². The summed E-state index contributed by atoms with van der Waals surface area (Å²) in [6.45, 7) is 1.86. The van der Waals surface area contributed by atoms with E-state index in [0.29, 0.717) is 13.1 Å². The van der Waals surface area contributed by atoms with E-state index >= 15 is 0 Å². The first-order valence-corrected chi connectivity index (χ1v) is 10.5. The molecule has 1 spiro atoms. The molecule has 3 aliphatic rings. The van der Waals surface area contributed by atoms with Crippen LogP contribution in [0.1, 0.15) is 44.9 Å². The van der Waals surface area contributed by atoms with Crippen LogP contribution in [0, 0.1) is 11.2 Å². The molecule has 30 heavy (non-hydrogen) atoms. The van der Waals surface area contributed by atoms with Crippen molar-refractivity contribution in [2.75, 3.05) is 37.0 Å². The smallest absolute Gasteiger partial charge is 0.412 e. The van der Waals surface area contributed by atoms with Crippen molar-refractivity contribution in [3.8, 4) is 0 Å². The molecule has 2 N–H and O–H groups in total. The molecule has 1 aliphatic carbocycles.